The minimum absolute atomic E-state index is 0.0859. The molecule has 40 heavy (non-hydrogen) atoms. The molecule has 0 radical (unpaired) electrons. The SMILES string of the molecule is COc1cc(CNC(=O)CC(NC(=O)[C@H](CC(C)C)NC(=O)NCc2ccc(C#N)cc2)[C@H](C)O)cc(OC)c1. The third-order valence-corrected chi connectivity index (χ3v) is 6.08. The van der Waals surface area contributed by atoms with Crippen molar-refractivity contribution in [2.45, 2.75) is 64.9 Å². The van der Waals surface area contributed by atoms with E-state index in [1.165, 1.54) is 21.1 Å². The molecule has 0 saturated heterocycles. The van der Waals surface area contributed by atoms with Gasteiger partial charge in [0.05, 0.1) is 38.0 Å². The Balaban J connectivity index is 1.96. The first kappa shape index (κ1) is 31.9. The number of nitriles is 1. The summed E-state index contributed by atoms with van der Waals surface area (Å²) in [6.45, 7) is 5.74. The molecule has 1 unspecified atom stereocenters. The number of nitrogens with one attached hydrogen (secondary N) is 4. The third kappa shape index (κ3) is 10.8. The van der Waals surface area contributed by atoms with E-state index in [-0.39, 0.29) is 31.3 Å². The molecule has 0 spiro atoms. The van der Waals surface area contributed by atoms with Crippen molar-refractivity contribution in [2.75, 3.05) is 14.2 Å². The van der Waals surface area contributed by atoms with Gasteiger partial charge in [0.25, 0.3) is 0 Å². The lowest BCUT2D eigenvalue weighted by molar-refractivity contribution is -0.126. The van der Waals surface area contributed by atoms with Gasteiger partial charge >= 0.3 is 6.03 Å². The second kappa shape index (κ2) is 16.0. The highest BCUT2D eigenvalue weighted by molar-refractivity contribution is 5.87. The Kier molecular flexibility index (Phi) is 12.7. The second-order valence-corrected chi connectivity index (χ2v) is 9.88. The Morgan fingerprint density at radius 2 is 1.50 bits per heavy atom. The molecule has 3 atom stereocenters. The van der Waals surface area contributed by atoms with Crippen LogP contribution < -0.4 is 30.7 Å². The van der Waals surface area contributed by atoms with Crippen LogP contribution >= 0.6 is 0 Å². The van der Waals surface area contributed by atoms with Crippen LogP contribution in [-0.2, 0) is 22.7 Å². The molecule has 0 aliphatic heterocycles. The average Bonchev–Trinajstić information content (AvgIpc) is 2.93. The Labute approximate surface area is 235 Å². The number of rotatable bonds is 14. The van der Waals surface area contributed by atoms with Crippen molar-refractivity contribution in [3.05, 3.63) is 59.2 Å². The molecular formula is C29H39N5O6. The highest BCUT2D eigenvalue weighted by Gasteiger charge is 2.27. The molecule has 11 heteroatoms. The van der Waals surface area contributed by atoms with Crippen molar-refractivity contribution in [1.82, 2.24) is 21.3 Å². The monoisotopic (exact) mass is 553 g/mol. The molecule has 0 aliphatic rings. The summed E-state index contributed by atoms with van der Waals surface area (Å²) in [7, 11) is 3.07. The van der Waals surface area contributed by atoms with Gasteiger partial charge in [-0.25, -0.2) is 4.79 Å². The summed E-state index contributed by atoms with van der Waals surface area (Å²) < 4.78 is 10.5. The molecule has 2 aromatic carbocycles. The summed E-state index contributed by atoms with van der Waals surface area (Å²) in [6, 6.07) is 11.8. The average molecular weight is 554 g/mol. The van der Waals surface area contributed by atoms with E-state index in [1.54, 1.807) is 42.5 Å². The van der Waals surface area contributed by atoms with E-state index in [4.69, 9.17) is 14.7 Å². The lowest BCUT2D eigenvalue weighted by atomic mass is 10.0. The normalized spacial score (nSPS) is 12.8. The van der Waals surface area contributed by atoms with Crippen LogP contribution in [-0.4, -0.2) is 55.4 Å². The van der Waals surface area contributed by atoms with Gasteiger partial charge in [-0.05, 0) is 54.7 Å². The van der Waals surface area contributed by atoms with Crippen LogP contribution in [0.15, 0.2) is 42.5 Å². The molecular weight excluding hydrogens is 514 g/mol. The molecule has 216 valence electrons. The predicted octanol–water partition coefficient (Wildman–Crippen LogP) is 2.36. The zero-order valence-corrected chi connectivity index (χ0v) is 23.6. The van der Waals surface area contributed by atoms with Crippen molar-refractivity contribution in [2.24, 2.45) is 5.92 Å². The zero-order valence-electron chi connectivity index (χ0n) is 23.6. The van der Waals surface area contributed by atoms with E-state index in [0.717, 1.165) is 11.1 Å². The predicted molar refractivity (Wildman–Crippen MR) is 149 cm³/mol. The quantitative estimate of drug-likeness (QED) is 0.240. The van der Waals surface area contributed by atoms with Gasteiger partial charge in [-0.1, -0.05) is 26.0 Å². The number of ether oxygens (including phenoxy) is 2. The number of aliphatic hydroxyl groups excluding tert-OH is 1. The first-order valence-corrected chi connectivity index (χ1v) is 13.0. The summed E-state index contributed by atoms with van der Waals surface area (Å²) in [5, 5.41) is 30.1. The molecule has 5 N–H and O–H groups in total. The van der Waals surface area contributed by atoms with E-state index in [1.807, 2.05) is 19.9 Å². The van der Waals surface area contributed by atoms with Crippen molar-refractivity contribution < 1.29 is 29.0 Å². The van der Waals surface area contributed by atoms with Gasteiger partial charge in [0, 0.05) is 25.6 Å². The number of urea groups is 1. The minimum atomic E-state index is -1.02. The molecule has 2 aromatic rings. The van der Waals surface area contributed by atoms with Crippen LogP contribution in [0.3, 0.4) is 0 Å². The first-order chi connectivity index (χ1) is 19.0. The lowest BCUT2D eigenvalue weighted by Crippen LogP contribution is -2.54. The van der Waals surface area contributed by atoms with Crippen LogP contribution in [0, 0.1) is 17.2 Å². The van der Waals surface area contributed by atoms with Crippen LogP contribution in [0.1, 0.15) is 50.3 Å². The Hall–Kier alpha value is -4.30. The van der Waals surface area contributed by atoms with Gasteiger partial charge in [-0.15, -0.1) is 0 Å². The standard InChI is InChI=1S/C29H39N5O6/c1-18(2)10-26(34-29(38)32-16-21-8-6-20(15-30)7-9-21)28(37)33-25(19(3)35)14-27(36)31-17-22-11-23(39-4)13-24(12-22)40-5/h6-9,11-13,18-19,25-26,35H,10,14,16-17H2,1-5H3,(H,31,36)(H,33,37)(H2,32,34,38)/t19-,25?,26-/m0/s1. The summed E-state index contributed by atoms with van der Waals surface area (Å²) in [5.41, 5.74) is 2.07. The molecule has 2 rings (SSSR count). The van der Waals surface area contributed by atoms with E-state index < -0.39 is 30.1 Å². The summed E-state index contributed by atoms with van der Waals surface area (Å²) in [5.74, 6) is 0.382. The molecule has 0 saturated carbocycles. The van der Waals surface area contributed by atoms with Crippen LogP contribution in [0.4, 0.5) is 4.79 Å². The van der Waals surface area contributed by atoms with Gasteiger partial charge in [0.1, 0.15) is 17.5 Å². The molecule has 0 aromatic heterocycles. The number of amides is 4. The Morgan fingerprint density at radius 3 is 2.02 bits per heavy atom. The molecule has 4 amide bonds. The fourth-order valence-electron chi connectivity index (χ4n) is 3.86. The van der Waals surface area contributed by atoms with Gasteiger partial charge in [-0.3, -0.25) is 9.59 Å². The van der Waals surface area contributed by atoms with Gasteiger partial charge in [0.15, 0.2) is 0 Å². The maximum absolute atomic E-state index is 13.1. The summed E-state index contributed by atoms with van der Waals surface area (Å²) in [6.07, 6.45) is -0.826. The van der Waals surface area contributed by atoms with Crippen LogP contribution in [0.2, 0.25) is 0 Å². The van der Waals surface area contributed by atoms with Gasteiger partial charge < -0.3 is 35.8 Å². The fourth-order valence-corrected chi connectivity index (χ4v) is 3.86. The third-order valence-electron chi connectivity index (χ3n) is 6.08. The van der Waals surface area contributed by atoms with Crippen molar-refractivity contribution in [3.63, 3.8) is 0 Å². The van der Waals surface area contributed by atoms with Gasteiger partial charge in [0.2, 0.25) is 11.8 Å². The van der Waals surface area contributed by atoms with E-state index in [9.17, 15) is 19.5 Å². The summed E-state index contributed by atoms with van der Waals surface area (Å²) in [4.78, 5) is 38.4. The molecule has 0 heterocycles. The zero-order chi connectivity index (χ0) is 29.7. The van der Waals surface area contributed by atoms with Crippen LogP contribution in [0.25, 0.3) is 0 Å². The maximum Gasteiger partial charge on any atom is 0.315 e. The van der Waals surface area contributed by atoms with Crippen molar-refractivity contribution >= 4 is 17.8 Å². The lowest BCUT2D eigenvalue weighted by Gasteiger charge is -2.26. The molecule has 0 bridgehead atoms. The molecule has 0 aliphatic carbocycles. The van der Waals surface area contributed by atoms with Crippen molar-refractivity contribution in [1.29, 1.82) is 5.26 Å². The number of aliphatic hydroxyl groups is 1. The van der Waals surface area contributed by atoms with Gasteiger partial charge in [-0.2, -0.15) is 5.26 Å². The van der Waals surface area contributed by atoms with Crippen molar-refractivity contribution in [3.8, 4) is 17.6 Å². The molecule has 0 fully saturated rings. The highest BCUT2D eigenvalue weighted by atomic mass is 16.5. The second-order valence-electron chi connectivity index (χ2n) is 9.88. The smallest absolute Gasteiger partial charge is 0.315 e. The molecule has 11 nitrogen and oxygen atoms in total. The number of hydrogen-bond donors (Lipinski definition) is 5. The van der Waals surface area contributed by atoms with E-state index >= 15 is 0 Å². The number of nitrogens with zero attached hydrogens (tertiary/aromatic N) is 1. The Morgan fingerprint density at radius 1 is 0.900 bits per heavy atom. The number of methoxy groups -OCH3 is 2. The topological polar surface area (TPSA) is 162 Å². The fraction of sp³-hybridized carbons (Fsp3) is 0.448. The minimum Gasteiger partial charge on any atom is -0.497 e. The van der Waals surface area contributed by atoms with E-state index in [2.05, 4.69) is 21.3 Å². The first-order valence-electron chi connectivity index (χ1n) is 13.0. The Bertz CT molecular complexity index is 1150. The maximum atomic E-state index is 13.1. The van der Waals surface area contributed by atoms with Crippen LogP contribution in [0.5, 0.6) is 11.5 Å². The highest BCUT2D eigenvalue weighted by Crippen LogP contribution is 2.22. The number of carbonyl (C=O) groups is 3. The number of carbonyl (C=O) groups excluding carboxylic acids is 3. The number of hydrogen-bond acceptors (Lipinski definition) is 7. The van der Waals surface area contributed by atoms with E-state index in [0.29, 0.717) is 23.5 Å². The number of benzene rings is 2. The summed E-state index contributed by atoms with van der Waals surface area (Å²) >= 11 is 0. The largest absolute Gasteiger partial charge is 0.497 e.